The molecule has 3 heteroatoms. The van der Waals surface area contributed by atoms with Gasteiger partial charge in [0, 0.05) is 16.0 Å². The molecule has 1 aromatic carbocycles. The molecule has 88 valence electrons. The molecule has 0 aromatic heterocycles. The van der Waals surface area contributed by atoms with E-state index in [1.54, 1.807) is 17.8 Å². The maximum absolute atomic E-state index is 14.0. The average molecular weight is 239 g/mol. The van der Waals surface area contributed by atoms with Crippen molar-refractivity contribution in [2.24, 2.45) is 5.73 Å². The van der Waals surface area contributed by atoms with E-state index in [-0.39, 0.29) is 5.82 Å². The Balaban J connectivity index is 2.44. The third kappa shape index (κ3) is 2.11. The van der Waals surface area contributed by atoms with Crippen LogP contribution >= 0.6 is 11.8 Å². The summed E-state index contributed by atoms with van der Waals surface area (Å²) in [5.74, 6) is -0.142. The number of thioether (sulfide) groups is 1. The van der Waals surface area contributed by atoms with Gasteiger partial charge in [-0.05, 0) is 31.2 Å². The van der Waals surface area contributed by atoms with Gasteiger partial charge in [-0.15, -0.1) is 11.8 Å². The highest BCUT2D eigenvalue weighted by atomic mass is 32.2. The first kappa shape index (κ1) is 11.9. The van der Waals surface area contributed by atoms with E-state index in [1.165, 1.54) is 12.5 Å². The zero-order valence-corrected chi connectivity index (χ0v) is 10.4. The minimum Gasteiger partial charge on any atom is -0.321 e. The molecular formula is C13H18FNS. The molecule has 0 saturated heterocycles. The normalized spacial score (nSPS) is 19.7. The molecule has 2 rings (SSSR count). The fourth-order valence-corrected chi connectivity index (χ4v) is 3.31. The third-order valence-electron chi connectivity index (χ3n) is 3.44. The second-order valence-electron chi connectivity index (χ2n) is 4.53. The van der Waals surface area contributed by atoms with Gasteiger partial charge in [0.2, 0.25) is 0 Å². The van der Waals surface area contributed by atoms with E-state index < -0.39 is 5.54 Å². The van der Waals surface area contributed by atoms with E-state index in [1.807, 2.05) is 12.3 Å². The van der Waals surface area contributed by atoms with E-state index in [2.05, 4.69) is 0 Å². The minimum atomic E-state index is -0.443. The Hall–Kier alpha value is -0.540. The predicted molar refractivity (Wildman–Crippen MR) is 67.1 cm³/mol. The van der Waals surface area contributed by atoms with Crippen LogP contribution in [0, 0.1) is 5.82 Å². The Bertz CT molecular complexity index is 372. The van der Waals surface area contributed by atoms with Gasteiger partial charge in [-0.2, -0.15) is 0 Å². The molecule has 1 aliphatic carbocycles. The second kappa shape index (κ2) is 4.76. The van der Waals surface area contributed by atoms with Gasteiger partial charge in [-0.25, -0.2) is 4.39 Å². The minimum absolute atomic E-state index is 0.142. The van der Waals surface area contributed by atoms with Gasteiger partial charge in [0.15, 0.2) is 0 Å². The Morgan fingerprint density at radius 1 is 1.25 bits per heavy atom. The van der Waals surface area contributed by atoms with Crippen molar-refractivity contribution in [3.8, 4) is 0 Å². The Morgan fingerprint density at radius 2 is 1.94 bits per heavy atom. The topological polar surface area (TPSA) is 26.0 Å². The number of rotatable bonds is 2. The zero-order chi connectivity index (χ0) is 11.6. The summed E-state index contributed by atoms with van der Waals surface area (Å²) in [4.78, 5) is 0.990. The van der Waals surface area contributed by atoms with Crippen molar-refractivity contribution in [3.63, 3.8) is 0 Å². The first-order valence-corrected chi connectivity index (χ1v) is 7.02. The lowest BCUT2D eigenvalue weighted by Gasteiger charge is -2.35. The van der Waals surface area contributed by atoms with Gasteiger partial charge in [0.25, 0.3) is 0 Å². The molecule has 0 aliphatic heterocycles. The Kier molecular flexibility index (Phi) is 3.55. The molecule has 16 heavy (non-hydrogen) atoms. The highest BCUT2D eigenvalue weighted by Gasteiger charge is 2.33. The molecule has 0 radical (unpaired) electrons. The number of halogens is 1. The van der Waals surface area contributed by atoms with Gasteiger partial charge >= 0.3 is 0 Å². The molecule has 1 fully saturated rings. The lowest BCUT2D eigenvalue weighted by molar-refractivity contribution is 0.288. The maximum atomic E-state index is 14.0. The fraction of sp³-hybridized carbons (Fsp3) is 0.538. The molecule has 2 N–H and O–H groups in total. The highest BCUT2D eigenvalue weighted by Crippen LogP contribution is 2.40. The lowest BCUT2D eigenvalue weighted by atomic mass is 9.77. The highest BCUT2D eigenvalue weighted by molar-refractivity contribution is 7.98. The average Bonchev–Trinajstić information content (AvgIpc) is 2.29. The van der Waals surface area contributed by atoms with Crippen LogP contribution in [0.2, 0.25) is 0 Å². The van der Waals surface area contributed by atoms with Gasteiger partial charge in [0.1, 0.15) is 5.82 Å². The lowest BCUT2D eigenvalue weighted by Crippen LogP contribution is -2.40. The summed E-state index contributed by atoms with van der Waals surface area (Å²) < 4.78 is 14.0. The SMILES string of the molecule is CSc1cccc(F)c1C1(N)CCCCC1. The summed E-state index contributed by atoms with van der Waals surface area (Å²) in [6.45, 7) is 0. The van der Waals surface area contributed by atoms with Crippen LogP contribution < -0.4 is 5.73 Å². The Morgan fingerprint density at radius 3 is 2.56 bits per heavy atom. The summed E-state index contributed by atoms with van der Waals surface area (Å²) in [6.07, 6.45) is 7.23. The first-order chi connectivity index (χ1) is 7.67. The quantitative estimate of drug-likeness (QED) is 0.797. The summed E-state index contributed by atoms with van der Waals surface area (Å²) >= 11 is 1.58. The molecule has 1 saturated carbocycles. The van der Waals surface area contributed by atoms with Crippen LogP contribution in [-0.4, -0.2) is 6.26 Å². The molecule has 0 spiro atoms. The van der Waals surface area contributed by atoms with Crippen molar-refractivity contribution in [3.05, 3.63) is 29.6 Å². The van der Waals surface area contributed by atoms with Crippen LogP contribution in [0.25, 0.3) is 0 Å². The number of hydrogen-bond acceptors (Lipinski definition) is 2. The van der Waals surface area contributed by atoms with E-state index in [0.29, 0.717) is 0 Å². The standard InChI is InChI=1S/C13H18FNS/c1-16-11-7-5-6-10(14)12(11)13(15)8-3-2-4-9-13/h5-7H,2-4,8-9,15H2,1H3. The molecule has 1 aromatic rings. The van der Waals surface area contributed by atoms with Crippen molar-refractivity contribution in [1.29, 1.82) is 0 Å². The summed E-state index contributed by atoms with van der Waals surface area (Å²) in [5.41, 5.74) is 6.70. The van der Waals surface area contributed by atoms with E-state index in [4.69, 9.17) is 5.73 Å². The summed E-state index contributed by atoms with van der Waals surface area (Å²) in [5, 5.41) is 0. The van der Waals surface area contributed by atoms with E-state index in [0.717, 1.165) is 36.1 Å². The van der Waals surface area contributed by atoms with Gasteiger partial charge < -0.3 is 5.73 Å². The van der Waals surface area contributed by atoms with Crippen LogP contribution in [-0.2, 0) is 5.54 Å². The number of nitrogens with two attached hydrogens (primary N) is 1. The number of benzene rings is 1. The van der Waals surface area contributed by atoms with Crippen molar-refractivity contribution >= 4 is 11.8 Å². The third-order valence-corrected chi connectivity index (χ3v) is 4.22. The van der Waals surface area contributed by atoms with Crippen LogP contribution in [0.5, 0.6) is 0 Å². The summed E-state index contributed by atoms with van der Waals surface area (Å²) in [7, 11) is 0. The van der Waals surface area contributed by atoms with Crippen LogP contribution in [0.4, 0.5) is 4.39 Å². The van der Waals surface area contributed by atoms with Crippen molar-refractivity contribution in [2.45, 2.75) is 42.5 Å². The molecule has 1 nitrogen and oxygen atoms in total. The molecule has 0 atom stereocenters. The zero-order valence-electron chi connectivity index (χ0n) is 9.63. The molecule has 0 unspecified atom stereocenters. The molecule has 1 aliphatic rings. The molecule has 0 bridgehead atoms. The van der Waals surface area contributed by atoms with E-state index in [9.17, 15) is 4.39 Å². The van der Waals surface area contributed by atoms with E-state index >= 15 is 0 Å². The number of hydrogen-bond donors (Lipinski definition) is 1. The maximum Gasteiger partial charge on any atom is 0.129 e. The van der Waals surface area contributed by atoms with Crippen LogP contribution in [0.1, 0.15) is 37.7 Å². The van der Waals surface area contributed by atoms with Crippen molar-refractivity contribution in [2.75, 3.05) is 6.26 Å². The van der Waals surface area contributed by atoms with Crippen LogP contribution in [0.15, 0.2) is 23.1 Å². The second-order valence-corrected chi connectivity index (χ2v) is 5.38. The van der Waals surface area contributed by atoms with Gasteiger partial charge in [-0.1, -0.05) is 25.3 Å². The molecular weight excluding hydrogens is 221 g/mol. The van der Waals surface area contributed by atoms with Crippen molar-refractivity contribution < 1.29 is 4.39 Å². The largest absolute Gasteiger partial charge is 0.321 e. The predicted octanol–water partition coefficient (Wildman–Crippen LogP) is 3.67. The van der Waals surface area contributed by atoms with Gasteiger partial charge in [-0.3, -0.25) is 0 Å². The van der Waals surface area contributed by atoms with Crippen molar-refractivity contribution in [1.82, 2.24) is 0 Å². The van der Waals surface area contributed by atoms with Gasteiger partial charge in [0.05, 0.1) is 0 Å². The summed E-state index contributed by atoms with van der Waals surface area (Å²) in [6, 6.07) is 5.25. The molecule has 0 heterocycles. The Labute approximate surface area is 101 Å². The van der Waals surface area contributed by atoms with Crippen LogP contribution in [0.3, 0.4) is 0 Å². The monoisotopic (exact) mass is 239 g/mol. The first-order valence-electron chi connectivity index (χ1n) is 5.79. The fourth-order valence-electron chi connectivity index (χ4n) is 2.59. The smallest absolute Gasteiger partial charge is 0.129 e. The molecule has 0 amide bonds.